The second-order valence-electron chi connectivity index (χ2n) is 4.72. The van der Waals surface area contributed by atoms with Gasteiger partial charge in [-0.2, -0.15) is 0 Å². The number of nitrogens with one attached hydrogen (secondary N) is 1. The molecule has 1 N–H and O–H groups in total. The van der Waals surface area contributed by atoms with Gasteiger partial charge in [-0.3, -0.25) is 0 Å². The third-order valence-electron chi connectivity index (χ3n) is 3.64. The second-order valence-corrected chi connectivity index (χ2v) is 6.07. The van der Waals surface area contributed by atoms with Gasteiger partial charge >= 0.3 is 0 Å². The van der Waals surface area contributed by atoms with E-state index in [0.717, 1.165) is 5.02 Å². The average Bonchev–Trinajstić information content (AvgIpc) is 2.79. The van der Waals surface area contributed by atoms with E-state index in [9.17, 15) is 0 Å². The lowest BCUT2D eigenvalue weighted by atomic mass is 9.80. The van der Waals surface area contributed by atoms with Crippen molar-refractivity contribution in [2.24, 2.45) is 5.41 Å². The van der Waals surface area contributed by atoms with Crippen molar-refractivity contribution in [1.29, 1.82) is 0 Å². The number of hydrogen-bond donors (Lipinski definition) is 1. The number of rotatable bonds is 3. The van der Waals surface area contributed by atoms with E-state index in [4.69, 9.17) is 11.6 Å². The van der Waals surface area contributed by atoms with Gasteiger partial charge in [0.25, 0.3) is 0 Å². The van der Waals surface area contributed by atoms with E-state index in [-0.39, 0.29) is 0 Å². The average molecular weight is 244 g/mol. The normalized spacial score (nSPS) is 21.8. The highest BCUT2D eigenvalue weighted by atomic mass is 35.5. The van der Waals surface area contributed by atoms with Crippen LogP contribution in [0.1, 0.15) is 43.5 Å². The maximum atomic E-state index is 6.22. The van der Waals surface area contributed by atoms with Crippen molar-refractivity contribution in [3.8, 4) is 0 Å². The monoisotopic (exact) mass is 243 g/mol. The highest BCUT2D eigenvalue weighted by molar-refractivity contribution is 7.10. The largest absolute Gasteiger partial charge is 0.312 e. The van der Waals surface area contributed by atoms with Crippen LogP contribution >= 0.6 is 22.9 Å². The Kier molecular flexibility index (Phi) is 3.39. The zero-order valence-electron chi connectivity index (χ0n) is 9.35. The van der Waals surface area contributed by atoms with Gasteiger partial charge in [-0.25, -0.2) is 0 Å². The van der Waals surface area contributed by atoms with Crippen LogP contribution in [0.4, 0.5) is 0 Å². The fraction of sp³-hybridized carbons (Fsp3) is 0.667. The SMILES string of the molecule is CNC(c1sccc1Cl)C1(C)CCCC1. The molecule has 1 aromatic heterocycles. The van der Waals surface area contributed by atoms with Gasteiger partial charge in [0.1, 0.15) is 0 Å². The van der Waals surface area contributed by atoms with Crippen LogP contribution in [0.15, 0.2) is 11.4 Å². The molecule has 0 saturated heterocycles. The van der Waals surface area contributed by atoms with E-state index in [1.54, 1.807) is 11.3 Å². The van der Waals surface area contributed by atoms with Crippen LogP contribution in [-0.2, 0) is 0 Å². The maximum absolute atomic E-state index is 6.22. The van der Waals surface area contributed by atoms with Crippen LogP contribution < -0.4 is 5.32 Å². The summed E-state index contributed by atoms with van der Waals surface area (Å²) in [4.78, 5) is 1.31. The molecule has 1 aromatic rings. The van der Waals surface area contributed by atoms with Crippen LogP contribution in [0.5, 0.6) is 0 Å². The molecular weight excluding hydrogens is 226 g/mol. The summed E-state index contributed by atoms with van der Waals surface area (Å²) in [5.74, 6) is 0. The molecule has 0 radical (unpaired) electrons. The Bertz CT molecular complexity index is 328. The summed E-state index contributed by atoms with van der Waals surface area (Å²) in [5, 5.41) is 6.46. The first-order valence-corrected chi connectivity index (χ1v) is 6.83. The van der Waals surface area contributed by atoms with Gasteiger partial charge in [0.2, 0.25) is 0 Å². The Morgan fingerprint density at radius 3 is 2.60 bits per heavy atom. The Morgan fingerprint density at radius 2 is 2.13 bits per heavy atom. The molecule has 0 amide bonds. The van der Waals surface area contributed by atoms with E-state index >= 15 is 0 Å². The molecule has 1 saturated carbocycles. The van der Waals surface area contributed by atoms with Crippen LogP contribution in [0.25, 0.3) is 0 Å². The number of hydrogen-bond acceptors (Lipinski definition) is 2. The number of halogens is 1. The lowest BCUT2D eigenvalue weighted by Gasteiger charge is -2.33. The quantitative estimate of drug-likeness (QED) is 0.837. The van der Waals surface area contributed by atoms with E-state index < -0.39 is 0 Å². The highest BCUT2D eigenvalue weighted by Crippen LogP contribution is 2.49. The molecule has 0 aliphatic heterocycles. The van der Waals surface area contributed by atoms with Gasteiger partial charge in [0, 0.05) is 10.9 Å². The Labute approximate surface area is 101 Å². The third-order valence-corrected chi connectivity index (χ3v) is 5.06. The summed E-state index contributed by atoms with van der Waals surface area (Å²) in [7, 11) is 2.05. The van der Waals surface area contributed by atoms with Crippen LogP contribution in [0.3, 0.4) is 0 Å². The van der Waals surface area contributed by atoms with Crippen molar-refractivity contribution in [2.45, 2.75) is 38.6 Å². The van der Waals surface area contributed by atoms with Gasteiger partial charge in [-0.15, -0.1) is 11.3 Å². The van der Waals surface area contributed by atoms with E-state index in [1.807, 2.05) is 13.1 Å². The molecule has 3 heteroatoms. The Morgan fingerprint density at radius 1 is 1.47 bits per heavy atom. The predicted molar refractivity (Wildman–Crippen MR) is 67.7 cm³/mol. The van der Waals surface area contributed by atoms with Crippen molar-refractivity contribution < 1.29 is 0 Å². The highest BCUT2D eigenvalue weighted by Gasteiger charge is 2.38. The minimum atomic E-state index is 0.392. The lowest BCUT2D eigenvalue weighted by Crippen LogP contribution is -2.31. The topological polar surface area (TPSA) is 12.0 Å². The van der Waals surface area contributed by atoms with Gasteiger partial charge in [0.05, 0.1) is 5.02 Å². The summed E-state index contributed by atoms with van der Waals surface area (Å²) in [6.45, 7) is 2.39. The van der Waals surface area contributed by atoms with Crippen LogP contribution in [-0.4, -0.2) is 7.05 Å². The number of thiophene rings is 1. The van der Waals surface area contributed by atoms with E-state index in [0.29, 0.717) is 11.5 Å². The fourth-order valence-electron chi connectivity index (χ4n) is 2.78. The van der Waals surface area contributed by atoms with Crippen molar-refractivity contribution >= 4 is 22.9 Å². The summed E-state index contributed by atoms with van der Waals surface area (Å²) in [5.41, 5.74) is 0.392. The molecule has 0 bridgehead atoms. The molecular formula is C12H18ClNS. The van der Waals surface area contributed by atoms with E-state index in [2.05, 4.69) is 17.6 Å². The van der Waals surface area contributed by atoms with Crippen LogP contribution in [0.2, 0.25) is 5.02 Å². The van der Waals surface area contributed by atoms with Crippen molar-refractivity contribution in [2.75, 3.05) is 7.05 Å². The van der Waals surface area contributed by atoms with Crippen molar-refractivity contribution in [1.82, 2.24) is 5.32 Å². The molecule has 2 rings (SSSR count). The molecule has 1 unspecified atom stereocenters. The zero-order chi connectivity index (χ0) is 10.9. The van der Waals surface area contributed by atoms with E-state index in [1.165, 1.54) is 30.6 Å². The molecule has 1 fully saturated rings. The second kappa shape index (κ2) is 4.44. The minimum Gasteiger partial charge on any atom is -0.312 e. The standard InChI is InChI=1S/C12H18ClNS/c1-12(6-3-4-7-12)11(14-2)10-9(13)5-8-15-10/h5,8,11,14H,3-4,6-7H2,1-2H3. The first-order chi connectivity index (χ1) is 7.17. The van der Waals surface area contributed by atoms with Gasteiger partial charge in [0.15, 0.2) is 0 Å². The Hall–Kier alpha value is -0.0500. The summed E-state index contributed by atoms with van der Waals surface area (Å²) in [6, 6.07) is 2.43. The maximum Gasteiger partial charge on any atom is 0.0561 e. The van der Waals surface area contributed by atoms with Crippen molar-refractivity contribution in [3.63, 3.8) is 0 Å². The molecule has 15 heavy (non-hydrogen) atoms. The molecule has 1 atom stereocenters. The molecule has 0 spiro atoms. The fourth-order valence-corrected chi connectivity index (χ4v) is 4.23. The molecule has 1 aliphatic rings. The first-order valence-electron chi connectivity index (χ1n) is 5.57. The molecule has 1 heterocycles. The Balaban J connectivity index is 2.27. The van der Waals surface area contributed by atoms with Gasteiger partial charge in [-0.05, 0) is 36.8 Å². The molecule has 1 aliphatic carbocycles. The van der Waals surface area contributed by atoms with Gasteiger partial charge in [-0.1, -0.05) is 31.4 Å². The molecule has 84 valence electrons. The summed E-state index contributed by atoms with van der Waals surface area (Å²) in [6.07, 6.45) is 5.34. The first kappa shape index (κ1) is 11.4. The minimum absolute atomic E-state index is 0.392. The van der Waals surface area contributed by atoms with Crippen LogP contribution in [0, 0.1) is 5.41 Å². The summed E-state index contributed by atoms with van der Waals surface area (Å²) >= 11 is 8.00. The zero-order valence-corrected chi connectivity index (χ0v) is 10.9. The summed E-state index contributed by atoms with van der Waals surface area (Å²) < 4.78 is 0. The molecule has 0 aromatic carbocycles. The lowest BCUT2D eigenvalue weighted by molar-refractivity contribution is 0.237. The molecule has 1 nitrogen and oxygen atoms in total. The predicted octanol–water partition coefficient (Wildman–Crippen LogP) is 4.24. The smallest absolute Gasteiger partial charge is 0.0561 e. The third kappa shape index (κ3) is 2.08. The van der Waals surface area contributed by atoms with Crippen molar-refractivity contribution in [3.05, 3.63) is 21.3 Å². The van der Waals surface area contributed by atoms with Gasteiger partial charge < -0.3 is 5.32 Å².